The van der Waals surface area contributed by atoms with Crippen LogP contribution in [0.1, 0.15) is 27.7 Å². The van der Waals surface area contributed by atoms with Crippen molar-refractivity contribution in [2.24, 2.45) is 49.3 Å². The summed E-state index contributed by atoms with van der Waals surface area (Å²) < 4.78 is 142. The topological polar surface area (TPSA) is 286 Å². The van der Waals surface area contributed by atoms with E-state index in [1.165, 1.54) is 24.3 Å². The number of nitrogens with zero attached hydrogens (tertiary/aromatic N) is 18. The summed E-state index contributed by atoms with van der Waals surface area (Å²) in [5, 5.41) is 19.9. The van der Waals surface area contributed by atoms with Crippen LogP contribution in [0.3, 0.4) is 0 Å². The average molecular weight is 1610 g/mol. The molecule has 0 bridgehead atoms. The number of rotatable bonds is 16. The third kappa shape index (κ3) is 20.7. The van der Waals surface area contributed by atoms with Gasteiger partial charge in [0.05, 0.1) is 107 Å². The maximum atomic E-state index is 13.0. The Bertz CT molecular complexity index is 5430. The van der Waals surface area contributed by atoms with E-state index in [0.29, 0.717) is 32.6 Å². The normalized spacial score (nSPS) is 12.7. The monoisotopic (exact) mass is 1610 g/mol. The Morgan fingerprint density at radius 2 is 0.873 bits per heavy atom. The lowest BCUT2D eigenvalue weighted by molar-refractivity contribution is -0.0500. The second-order valence-corrected chi connectivity index (χ2v) is 26.7. The lowest BCUT2D eigenvalue weighted by atomic mass is 9.82. The number of halogens is 10. The highest BCUT2D eigenvalue weighted by molar-refractivity contribution is 9.10. The van der Waals surface area contributed by atoms with E-state index in [1.54, 1.807) is 181 Å². The van der Waals surface area contributed by atoms with Crippen LogP contribution in [0.25, 0.3) is 66.5 Å². The molecular formula is C72H74BBrClF8N21O6. The SMILES string of the molecule is CN(c1cc2c(cn1)ncn2C)c1ccc(-c2cnn(C)c2)cc1OC(F)F.Cn1cc(-c2ccc(N)c(OC(F)F)c2)cn1.Cn1cc(-c2ccc(Nc3cc4c(cn3)ncn4C)c(OC(F)F)c2)cn1.Cn1cc(B2OC(C)(C)C(C)(C)O2)cn1.Cn1cnc2cnc(Cl)cc21.Nc1ccc(Br)cc1OC(F)F. The Morgan fingerprint density at radius 1 is 0.464 bits per heavy atom. The largest absolute Gasteiger partial charge is 0.498 e. The van der Waals surface area contributed by atoms with Crippen molar-refractivity contribution in [3.05, 3.63) is 188 Å². The molecule has 0 atom stereocenters. The minimum absolute atomic E-state index is 0.0145. The Balaban J connectivity index is 0.000000146. The number of benzene rings is 4. The highest BCUT2D eigenvalue weighted by Gasteiger charge is 2.52. The minimum atomic E-state index is -2.94. The first kappa shape index (κ1) is 80.7. The molecule has 0 aliphatic carbocycles. The van der Waals surface area contributed by atoms with Gasteiger partial charge in [0, 0.05) is 132 Å². The van der Waals surface area contributed by atoms with Crippen molar-refractivity contribution in [3.8, 4) is 56.4 Å². The van der Waals surface area contributed by atoms with Crippen molar-refractivity contribution in [3.63, 3.8) is 0 Å². The van der Waals surface area contributed by atoms with E-state index in [9.17, 15) is 35.1 Å². The van der Waals surface area contributed by atoms with Crippen LogP contribution in [0, 0.1) is 0 Å². The lowest BCUT2D eigenvalue weighted by Crippen LogP contribution is -2.41. The van der Waals surface area contributed by atoms with Gasteiger partial charge in [-0.25, -0.2) is 29.9 Å². The van der Waals surface area contributed by atoms with E-state index >= 15 is 0 Å². The van der Waals surface area contributed by atoms with Gasteiger partial charge in [0.2, 0.25) is 0 Å². The van der Waals surface area contributed by atoms with Crippen molar-refractivity contribution in [1.29, 1.82) is 0 Å². The summed E-state index contributed by atoms with van der Waals surface area (Å²) in [5.74, 6) is 1.13. The molecule has 1 aliphatic heterocycles. The van der Waals surface area contributed by atoms with Gasteiger partial charge < -0.3 is 63.6 Å². The molecule has 110 heavy (non-hydrogen) atoms. The van der Waals surface area contributed by atoms with Crippen molar-refractivity contribution in [2.45, 2.75) is 65.3 Å². The van der Waals surface area contributed by atoms with Crippen molar-refractivity contribution in [2.75, 3.05) is 28.7 Å². The Kier molecular flexibility index (Phi) is 25.7. The summed E-state index contributed by atoms with van der Waals surface area (Å²) in [7, 11) is 14.4. The molecule has 10 aromatic heterocycles. The number of aryl methyl sites for hydroxylation is 7. The third-order valence-corrected chi connectivity index (χ3v) is 17.6. The zero-order chi connectivity index (χ0) is 79.5. The molecule has 576 valence electrons. The standard InChI is InChI=1S/C19H18F2N6O.C18H16F2N6O.C11H11F2N3O.C10H17BN2O2.C7H6BrF2NO.C7H6ClN3/c1-25-11-23-14-9-22-18(7-16(14)25)27(3)15-5-4-12(6-17(15)28-19(20)21)13-8-24-26(2)10-13;1-25-10-22-14-8-21-17(6-15(14)25)24-13-4-3-11(5-16(13)27-18(19)20)12-7-23-26(2)9-12;1-16-6-8(5-15-16)7-2-3-9(14)10(4-7)17-11(12)13;1-9(2)10(3,4)15-11(14-9)8-6-12-13(5)7-8;8-4-1-2-5(11)6(3-4)12-7(9)10;1-11-4-10-5-3-9-7(8)2-6(5)11/h4-11,19H,1-3H3;3-10,18H,1-2H3,(H,21,24);2-6,11H,14H2,1H3;6-7H,1-5H3;1-3,7H,11H2;2-4H,1H3. The molecule has 11 heterocycles. The molecule has 0 unspecified atom stereocenters. The number of imidazole rings is 3. The molecule has 0 spiro atoms. The Labute approximate surface area is 638 Å². The molecule has 1 fully saturated rings. The molecule has 5 N–H and O–H groups in total. The van der Waals surface area contributed by atoms with Crippen LogP contribution < -0.4 is 46.1 Å². The fourth-order valence-electron chi connectivity index (χ4n) is 10.6. The van der Waals surface area contributed by atoms with Gasteiger partial charge in [0.1, 0.15) is 56.3 Å². The predicted octanol–water partition coefficient (Wildman–Crippen LogP) is 14.7. The van der Waals surface area contributed by atoms with E-state index in [2.05, 4.69) is 81.0 Å². The molecule has 14 aromatic rings. The van der Waals surface area contributed by atoms with Gasteiger partial charge in [-0.2, -0.15) is 55.5 Å². The van der Waals surface area contributed by atoms with Gasteiger partial charge in [0.15, 0.2) is 0 Å². The third-order valence-electron chi connectivity index (χ3n) is 16.9. The number of pyridine rings is 3. The second-order valence-electron chi connectivity index (χ2n) is 25.4. The molecule has 4 aromatic carbocycles. The number of alkyl halides is 8. The van der Waals surface area contributed by atoms with Crippen LogP contribution >= 0.6 is 27.5 Å². The van der Waals surface area contributed by atoms with Gasteiger partial charge in [-0.05, 0) is 99.0 Å². The molecule has 0 radical (unpaired) electrons. The highest BCUT2D eigenvalue weighted by atomic mass is 79.9. The first-order valence-electron chi connectivity index (χ1n) is 33.0. The molecule has 27 nitrogen and oxygen atoms in total. The average Bonchev–Trinajstić information content (AvgIpc) is 1.56. The number of nitrogens with one attached hydrogen (secondary N) is 1. The van der Waals surface area contributed by atoms with E-state index in [1.807, 2.05) is 94.1 Å². The predicted molar refractivity (Wildman–Crippen MR) is 406 cm³/mol. The Morgan fingerprint density at radius 3 is 1.36 bits per heavy atom. The summed E-state index contributed by atoms with van der Waals surface area (Å²) in [6.45, 7) is -3.44. The number of nitrogen functional groups attached to an aromatic ring is 2. The molecule has 1 aliphatic rings. The fourth-order valence-corrected chi connectivity index (χ4v) is 11.1. The summed E-state index contributed by atoms with van der Waals surface area (Å²) in [4.78, 5) is 26.8. The van der Waals surface area contributed by atoms with E-state index in [0.717, 1.165) is 71.9 Å². The van der Waals surface area contributed by atoms with Gasteiger partial charge >= 0.3 is 33.6 Å². The van der Waals surface area contributed by atoms with E-state index < -0.39 is 26.4 Å². The fraction of sp³-hybridized carbons (Fsp3) is 0.250. The zero-order valence-electron chi connectivity index (χ0n) is 61.1. The van der Waals surface area contributed by atoms with Crippen LogP contribution in [0.2, 0.25) is 5.15 Å². The second kappa shape index (κ2) is 35.0. The molecular weight excluding hydrogens is 1530 g/mol. The van der Waals surface area contributed by atoms with Crippen molar-refractivity contribution >= 4 is 108 Å². The van der Waals surface area contributed by atoms with Gasteiger partial charge in [0.25, 0.3) is 0 Å². The lowest BCUT2D eigenvalue weighted by Gasteiger charge is -2.32. The van der Waals surface area contributed by atoms with Gasteiger partial charge in [-0.15, -0.1) is 0 Å². The van der Waals surface area contributed by atoms with Crippen molar-refractivity contribution in [1.82, 2.24) is 82.7 Å². The minimum Gasteiger partial charge on any atom is -0.433 e. The van der Waals surface area contributed by atoms with Crippen molar-refractivity contribution < 1.29 is 63.4 Å². The smallest absolute Gasteiger partial charge is 0.433 e. The highest BCUT2D eigenvalue weighted by Crippen LogP contribution is 2.40. The first-order valence-corrected chi connectivity index (χ1v) is 34.1. The number of hydrogen-bond donors (Lipinski definition) is 3. The number of ether oxygens (including phenoxy) is 4. The van der Waals surface area contributed by atoms with Crippen LogP contribution in [0.4, 0.5) is 69.5 Å². The maximum absolute atomic E-state index is 13.0. The number of aromatic nitrogens is 17. The summed E-state index contributed by atoms with van der Waals surface area (Å²) >= 11 is 8.80. The van der Waals surface area contributed by atoms with Crippen LogP contribution in [-0.2, 0) is 58.6 Å². The quantitative estimate of drug-likeness (QED) is 0.0351. The summed E-state index contributed by atoms with van der Waals surface area (Å²) in [6, 6.07) is 24.9. The van der Waals surface area contributed by atoms with E-state index in [-0.39, 0.29) is 52.7 Å². The van der Waals surface area contributed by atoms with Crippen LogP contribution in [-0.4, -0.2) is 135 Å². The summed E-state index contributed by atoms with van der Waals surface area (Å²) in [5.41, 5.74) is 22.3. The Hall–Kier alpha value is -11.8. The molecule has 0 amide bonds. The maximum Gasteiger partial charge on any atom is 0.498 e. The summed E-state index contributed by atoms with van der Waals surface area (Å²) in [6.07, 6.45) is 24.1. The number of anilines is 6. The molecule has 0 saturated carbocycles. The molecule has 1 saturated heterocycles. The number of fused-ring (bicyclic) bond motifs is 3. The van der Waals surface area contributed by atoms with Gasteiger partial charge in [-0.1, -0.05) is 45.7 Å². The van der Waals surface area contributed by atoms with Crippen LogP contribution in [0.15, 0.2) is 183 Å². The molecule has 15 rings (SSSR count). The zero-order valence-corrected chi connectivity index (χ0v) is 63.4. The van der Waals surface area contributed by atoms with Gasteiger partial charge in [-0.3, -0.25) is 18.7 Å². The van der Waals surface area contributed by atoms with Crippen LogP contribution in [0.5, 0.6) is 23.0 Å². The first-order chi connectivity index (χ1) is 52.1. The van der Waals surface area contributed by atoms with E-state index in [4.69, 9.17) is 41.9 Å². The number of nitrogens with two attached hydrogens (primary N) is 2. The number of hydrogen-bond acceptors (Lipinski definition) is 20. The molecule has 38 heteroatoms.